The van der Waals surface area contributed by atoms with Crippen molar-refractivity contribution < 1.29 is 9.53 Å². The third-order valence-electron chi connectivity index (χ3n) is 4.28. The number of rotatable bonds is 7. The number of nitrogens with one attached hydrogen (secondary N) is 1. The predicted octanol–water partition coefficient (Wildman–Crippen LogP) is 4.39. The maximum absolute atomic E-state index is 12.3. The summed E-state index contributed by atoms with van der Waals surface area (Å²) in [5, 5.41) is 5.87. The normalized spacial score (nSPS) is 11.2. The number of ether oxygens (including phenoxy) is 1. The van der Waals surface area contributed by atoms with Crippen LogP contribution < -0.4 is 10.1 Å². The number of thiazole rings is 1. The zero-order chi connectivity index (χ0) is 20.0. The Labute approximate surface area is 169 Å². The lowest BCUT2D eigenvalue weighted by Crippen LogP contribution is -2.26. The van der Waals surface area contributed by atoms with Gasteiger partial charge in [-0.25, -0.2) is 4.98 Å². The van der Waals surface area contributed by atoms with Crippen LogP contribution in [0.25, 0.3) is 0 Å². The largest absolute Gasteiger partial charge is 0.485 e. The van der Waals surface area contributed by atoms with Crippen molar-refractivity contribution in [2.45, 2.75) is 39.2 Å². The number of amides is 1. The summed E-state index contributed by atoms with van der Waals surface area (Å²) in [7, 11) is 0. The standard InChI is InChI=1S/C22H25N3O2S/c1-22(2,3)17-8-6-16(7-9-17)21(26)24-12-10-18-15-28-20(25-18)14-27-19-5-4-11-23-13-19/h4-9,11,13,15H,10,12,14H2,1-3H3,(H,24,26). The highest BCUT2D eigenvalue weighted by Gasteiger charge is 2.14. The first-order valence-electron chi connectivity index (χ1n) is 9.27. The van der Waals surface area contributed by atoms with Gasteiger partial charge in [-0.3, -0.25) is 9.78 Å². The minimum Gasteiger partial charge on any atom is -0.485 e. The molecule has 1 amide bonds. The third-order valence-corrected chi connectivity index (χ3v) is 5.15. The number of aromatic nitrogens is 2. The Bertz CT molecular complexity index is 900. The molecule has 0 aliphatic rings. The lowest BCUT2D eigenvalue weighted by molar-refractivity contribution is 0.0954. The van der Waals surface area contributed by atoms with Gasteiger partial charge in [-0.2, -0.15) is 0 Å². The fourth-order valence-electron chi connectivity index (χ4n) is 2.64. The molecule has 0 unspecified atom stereocenters. The molecule has 2 aromatic heterocycles. The van der Waals surface area contributed by atoms with Crippen LogP contribution in [0.2, 0.25) is 0 Å². The van der Waals surface area contributed by atoms with Crippen LogP contribution >= 0.6 is 11.3 Å². The molecule has 1 N–H and O–H groups in total. The van der Waals surface area contributed by atoms with Gasteiger partial charge in [-0.1, -0.05) is 32.9 Å². The van der Waals surface area contributed by atoms with Gasteiger partial charge in [0.1, 0.15) is 17.4 Å². The highest BCUT2D eigenvalue weighted by atomic mass is 32.1. The molecule has 0 saturated heterocycles. The molecule has 0 aliphatic carbocycles. The van der Waals surface area contributed by atoms with Crippen molar-refractivity contribution in [3.63, 3.8) is 0 Å². The maximum atomic E-state index is 12.3. The Kier molecular flexibility index (Phi) is 6.41. The van der Waals surface area contributed by atoms with Gasteiger partial charge >= 0.3 is 0 Å². The van der Waals surface area contributed by atoms with Crippen molar-refractivity contribution >= 4 is 17.2 Å². The molecule has 0 saturated carbocycles. The Morgan fingerprint density at radius 3 is 2.64 bits per heavy atom. The first-order valence-corrected chi connectivity index (χ1v) is 10.1. The molecule has 0 fully saturated rings. The van der Waals surface area contributed by atoms with Crippen LogP contribution in [-0.2, 0) is 18.4 Å². The SMILES string of the molecule is CC(C)(C)c1ccc(C(=O)NCCc2csc(COc3cccnc3)n2)cc1. The quantitative estimate of drug-likeness (QED) is 0.644. The molecule has 0 radical (unpaired) electrons. The topological polar surface area (TPSA) is 64.1 Å². The molecule has 28 heavy (non-hydrogen) atoms. The van der Waals surface area contributed by atoms with E-state index in [1.807, 2.05) is 41.8 Å². The van der Waals surface area contributed by atoms with Crippen molar-refractivity contribution in [1.82, 2.24) is 15.3 Å². The van der Waals surface area contributed by atoms with Crippen LogP contribution in [0.4, 0.5) is 0 Å². The minimum atomic E-state index is -0.0594. The van der Waals surface area contributed by atoms with Crippen LogP contribution in [-0.4, -0.2) is 22.4 Å². The molecule has 0 spiro atoms. The van der Waals surface area contributed by atoms with E-state index >= 15 is 0 Å². The summed E-state index contributed by atoms with van der Waals surface area (Å²) in [6.45, 7) is 7.44. The Hall–Kier alpha value is -2.73. The van der Waals surface area contributed by atoms with Crippen LogP contribution in [0.1, 0.15) is 47.4 Å². The molecule has 6 heteroatoms. The molecule has 1 aromatic carbocycles. The van der Waals surface area contributed by atoms with Gasteiger partial charge in [0.05, 0.1) is 11.9 Å². The van der Waals surface area contributed by atoms with E-state index in [2.05, 4.69) is 36.1 Å². The van der Waals surface area contributed by atoms with E-state index in [1.54, 1.807) is 23.7 Å². The van der Waals surface area contributed by atoms with Gasteiger partial charge in [-0.05, 0) is 35.2 Å². The predicted molar refractivity (Wildman–Crippen MR) is 112 cm³/mol. The average Bonchev–Trinajstić information content (AvgIpc) is 3.14. The summed E-state index contributed by atoms with van der Waals surface area (Å²) >= 11 is 1.56. The number of benzene rings is 1. The Morgan fingerprint density at radius 1 is 1.18 bits per heavy atom. The smallest absolute Gasteiger partial charge is 0.251 e. The number of carbonyl (C=O) groups excluding carboxylic acids is 1. The van der Waals surface area contributed by atoms with E-state index in [9.17, 15) is 4.79 Å². The number of nitrogens with zero attached hydrogens (tertiary/aromatic N) is 2. The van der Waals surface area contributed by atoms with Gasteiger partial charge in [-0.15, -0.1) is 11.3 Å². The van der Waals surface area contributed by atoms with Crippen LogP contribution in [0.15, 0.2) is 54.2 Å². The summed E-state index contributed by atoms with van der Waals surface area (Å²) in [6, 6.07) is 11.5. The maximum Gasteiger partial charge on any atom is 0.251 e. The van der Waals surface area contributed by atoms with Gasteiger partial charge < -0.3 is 10.1 Å². The van der Waals surface area contributed by atoms with Crippen molar-refractivity contribution in [3.8, 4) is 5.75 Å². The van der Waals surface area contributed by atoms with Crippen molar-refractivity contribution in [2.24, 2.45) is 0 Å². The van der Waals surface area contributed by atoms with Crippen molar-refractivity contribution in [3.05, 3.63) is 76.0 Å². The summed E-state index contributed by atoms with van der Waals surface area (Å²) in [4.78, 5) is 20.9. The Balaban J connectivity index is 1.45. The zero-order valence-corrected chi connectivity index (χ0v) is 17.3. The number of pyridine rings is 1. The minimum absolute atomic E-state index is 0.0594. The number of hydrogen-bond donors (Lipinski definition) is 1. The second-order valence-corrected chi connectivity index (χ2v) is 8.49. The zero-order valence-electron chi connectivity index (χ0n) is 16.4. The first-order chi connectivity index (χ1) is 13.4. The van der Waals surface area contributed by atoms with E-state index in [-0.39, 0.29) is 11.3 Å². The van der Waals surface area contributed by atoms with Crippen LogP contribution in [0, 0.1) is 0 Å². The highest BCUT2D eigenvalue weighted by Crippen LogP contribution is 2.22. The average molecular weight is 396 g/mol. The van der Waals surface area contributed by atoms with E-state index in [0.29, 0.717) is 25.1 Å². The summed E-state index contributed by atoms with van der Waals surface area (Å²) in [5.41, 5.74) is 2.93. The van der Waals surface area contributed by atoms with Gasteiger partial charge in [0, 0.05) is 30.1 Å². The number of carbonyl (C=O) groups is 1. The van der Waals surface area contributed by atoms with Gasteiger partial charge in [0.2, 0.25) is 0 Å². The molecule has 0 atom stereocenters. The summed E-state index contributed by atoms with van der Waals surface area (Å²) < 4.78 is 5.66. The lowest BCUT2D eigenvalue weighted by atomic mass is 9.87. The highest BCUT2D eigenvalue weighted by molar-refractivity contribution is 7.09. The fourth-order valence-corrected chi connectivity index (χ4v) is 3.37. The number of hydrogen-bond acceptors (Lipinski definition) is 5. The van der Waals surface area contributed by atoms with Crippen LogP contribution in [0.5, 0.6) is 5.75 Å². The summed E-state index contributed by atoms with van der Waals surface area (Å²) in [6.07, 6.45) is 4.08. The lowest BCUT2D eigenvalue weighted by Gasteiger charge is -2.19. The molecular weight excluding hydrogens is 370 g/mol. The molecule has 5 nitrogen and oxygen atoms in total. The monoisotopic (exact) mass is 395 g/mol. The van der Waals surface area contributed by atoms with E-state index in [0.717, 1.165) is 16.5 Å². The van der Waals surface area contributed by atoms with E-state index in [1.165, 1.54) is 5.56 Å². The molecule has 3 rings (SSSR count). The third kappa shape index (κ3) is 5.63. The molecule has 3 aromatic rings. The second kappa shape index (κ2) is 8.97. The fraction of sp³-hybridized carbons (Fsp3) is 0.318. The molecule has 146 valence electrons. The molecule has 0 bridgehead atoms. The molecule has 2 heterocycles. The van der Waals surface area contributed by atoms with E-state index < -0.39 is 0 Å². The van der Waals surface area contributed by atoms with Crippen LogP contribution in [0.3, 0.4) is 0 Å². The summed E-state index contributed by atoms with van der Waals surface area (Å²) in [5.74, 6) is 0.666. The second-order valence-electron chi connectivity index (χ2n) is 7.54. The van der Waals surface area contributed by atoms with Gasteiger partial charge in [0.25, 0.3) is 5.91 Å². The van der Waals surface area contributed by atoms with Crippen molar-refractivity contribution in [2.75, 3.05) is 6.54 Å². The Morgan fingerprint density at radius 2 is 1.96 bits per heavy atom. The first kappa shape index (κ1) is 20.0. The molecule has 0 aliphatic heterocycles. The van der Waals surface area contributed by atoms with Crippen molar-refractivity contribution in [1.29, 1.82) is 0 Å². The van der Waals surface area contributed by atoms with E-state index in [4.69, 9.17) is 4.74 Å². The molecular formula is C22H25N3O2S. The van der Waals surface area contributed by atoms with Gasteiger partial charge in [0.15, 0.2) is 0 Å².